The van der Waals surface area contributed by atoms with Crippen LogP contribution >= 0.6 is 0 Å². The van der Waals surface area contributed by atoms with E-state index in [1.54, 1.807) is 0 Å². The number of hydrogen-bond acceptors (Lipinski definition) is 1. The van der Waals surface area contributed by atoms with E-state index in [1.807, 2.05) is 0 Å². The minimum Gasteiger partial charge on any atom is -0.298 e. The van der Waals surface area contributed by atoms with E-state index < -0.39 is 0 Å². The fourth-order valence-corrected chi connectivity index (χ4v) is 6.77. The van der Waals surface area contributed by atoms with E-state index in [-0.39, 0.29) is 23.7 Å². The van der Waals surface area contributed by atoms with Gasteiger partial charge in [0, 0.05) is 11.8 Å². The third-order valence-corrected chi connectivity index (χ3v) is 8.16. The van der Waals surface area contributed by atoms with Crippen LogP contribution in [0.4, 0.5) is 0 Å². The zero-order valence-corrected chi connectivity index (χ0v) is 19.5. The van der Waals surface area contributed by atoms with Crippen LogP contribution in [0.15, 0.2) is 97.1 Å². The average molecular weight is 439 g/mol. The van der Waals surface area contributed by atoms with Crippen molar-refractivity contribution in [3.63, 3.8) is 0 Å². The van der Waals surface area contributed by atoms with Crippen molar-refractivity contribution in [2.45, 2.75) is 37.5 Å². The monoisotopic (exact) mass is 438 g/mol. The van der Waals surface area contributed by atoms with Gasteiger partial charge in [0.05, 0.1) is 11.8 Å². The lowest BCUT2D eigenvalue weighted by Crippen LogP contribution is -2.30. The lowest BCUT2D eigenvalue weighted by atomic mass is 9.63. The maximum Gasteiger partial charge on any atom is 0.155 e. The van der Waals surface area contributed by atoms with Crippen LogP contribution in [-0.2, 0) is 4.79 Å². The molecule has 4 atom stereocenters. The molecule has 0 radical (unpaired) electrons. The van der Waals surface area contributed by atoms with E-state index in [9.17, 15) is 4.79 Å². The van der Waals surface area contributed by atoms with Crippen LogP contribution in [0.3, 0.4) is 0 Å². The molecule has 0 aliphatic heterocycles. The highest BCUT2D eigenvalue weighted by atomic mass is 16.1. The molecule has 1 nitrogen and oxygen atoms in total. The molecule has 4 aromatic carbocycles. The number of allylic oxidation sites excluding steroid dienone is 4. The molecule has 0 heterocycles. The third kappa shape index (κ3) is 2.58. The Morgan fingerprint density at radius 1 is 0.529 bits per heavy atom. The second kappa shape index (κ2) is 7.14. The summed E-state index contributed by atoms with van der Waals surface area (Å²) in [6, 6.07) is 26.1. The van der Waals surface area contributed by atoms with Gasteiger partial charge in [-0.25, -0.2) is 0 Å². The highest BCUT2D eigenvalue weighted by Crippen LogP contribution is 2.54. The summed E-state index contributed by atoms with van der Waals surface area (Å²) >= 11 is 0. The molecule has 0 spiro atoms. The van der Waals surface area contributed by atoms with Crippen molar-refractivity contribution in [1.82, 2.24) is 0 Å². The third-order valence-electron chi connectivity index (χ3n) is 8.16. The molecular formula is C33H26O. The molecule has 34 heavy (non-hydrogen) atoms. The number of carbonyl (C=O) groups is 1. The summed E-state index contributed by atoms with van der Waals surface area (Å²) in [6.45, 7) is 4.48. The number of hydrogen-bond donors (Lipinski definition) is 0. The molecule has 3 aliphatic carbocycles. The standard InChI is InChI=1S/C33H26O/c1-19-17-27-23(21-9-5-3-6-10-21)13-15-25-30(27)32-29(19)20(2)18-28-24(22-11-7-4-8-12-22)14-16-26(31(28)32)33(25)34/h3-18,23-26H,1-2H3. The minimum atomic E-state index is -0.164. The molecule has 0 aromatic heterocycles. The topological polar surface area (TPSA) is 17.1 Å². The summed E-state index contributed by atoms with van der Waals surface area (Å²) in [6.07, 6.45) is 8.87. The van der Waals surface area contributed by atoms with Crippen molar-refractivity contribution in [2.75, 3.05) is 0 Å². The summed E-state index contributed by atoms with van der Waals surface area (Å²) < 4.78 is 0. The number of Topliss-reactive ketones (excluding diaryl/α,β-unsaturated/α-hetero) is 1. The van der Waals surface area contributed by atoms with Crippen LogP contribution < -0.4 is 0 Å². The van der Waals surface area contributed by atoms with E-state index in [4.69, 9.17) is 0 Å². The number of aryl methyl sites for hydroxylation is 2. The van der Waals surface area contributed by atoms with Crippen LogP contribution in [0, 0.1) is 13.8 Å². The Morgan fingerprint density at radius 2 is 0.941 bits per heavy atom. The number of ketones is 1. The predicted octanol–water partition coefficient (Wildman–Crippen LogP) is 7.61. The molecule has 0 amide bonds. The summed E-state index contributed by atoms with van der Waals surface area (Å²) in [5, 5.41) is 2.68. The van der Waals surface area contributed by atoms with Crippen LogP contribution in [0.1, 0.15) is 68.2 Å². The molecule has 0 saturated carbocycles. The summed E-state index contributed by atoms with van der Waals surface area (Å²) in [4.78, 5) is 13.9. The second-order valence-electron chi connectivity index (χ2n) is 10.0. The first-order chi connectivity index (χ1) is 16.6. The van der Waals surface area contributed by atoms with Crippen LogP contribution in [0.2, 0.25) is 0 Å². The van der Waals surface area contributed by atoms with Crippen molar-refractivity contribution in [2.24, 2.45) is 0 Å². The summed E-state index contributed by atoms with van der Waals surface area (Å²) in [7, 11) is 0. The first kappa shape index (κ1) is 19.7. The van der Waals surface area contributed by atoms with E-state index in [1.165, 1.54) is 55.3 Å². The van der Waals surface area contributed by atoms with Crippen molar-refractivity contribution in [1.29, 1.82) is 0 Å². The highest BCUT2D eigenvalue weighted by molar-refractivity contribution is 6.10. The second-order valence-corrected chi connectivity index (χ2v) is 10.0. The molecule has 4 unspecified atom stereocenters. The molecule has 0 N–H and O–H groups in total. The van der Waals surface area contributed by atoms with Crippen molar-refractivity contribution in [3.8, 4) is 0 Å². The van der Waals surface area contributed by atoms with Crippen LogP contribution in [0.5, 0.6) is 0 Å². The van der Waals surface area contributed by atoms with Gasteiger partial charge < -0.3 is 0 Å². The van der Waals surface area contributed by atoms with E-state index in [2.05, 4.69) is 111 Å². The fourth-order valence-electron chi connectivity index (χ4n) is 6.77. The predicted molar refractivity (Wildman–Crippen MR) is 139 cm³/mol. The van der Waals surface area contributed by atoms with Crippen molar-refractivity contribution >= 4 is 16.6 Å². The highest BCUT2D eigenvalue weighted by Gasteiger charge is 2.42. The van der Waals surface area contributed by atoms with Crippen molar-refractivity contribution in [3.05, 3.63) is 142 Å². The molecule has 164 valence electrons. The van der Waals surface area contributed by atoms with E-state index >= 15 is 0 Å². The quantitative estimate of drug-likeness (QED) is 0.294. The normalized spacial score (nSPS) is 24.0. The SMILES string of the molecule is Cc1cc2c3c4c5c(cc(C)c14)C(c1ccccc1)C=CC5C(=O)C3C=CC2c1ccccc1. The Hall–Kier alpha value is -3.71. The van der Waals surface area contributed by atoms with Gasteiger partial charge in [-0.3, -0.25) is 4.79 Å². The first-order valence-electron chi connectivity index (χ1n) is 12.2. The van der Waals surface area contributed by atoms with Gasteiger partial charge in [-0.15, -0.1) is 0 Å². The summed E-state index contributed by atoms with van der Waals surface area (Å²) in [5.74, 6) is 0.348. The molecular weight excluding hydrogens is 412 g/mol. The molecule has 7 rings (SSSR count). The van der Waals surface area contributed by atoms with E-state index in [0.717, 1.165) is 0 Å². The maximum atomic E-state index is 13.9. The Labute approximate surface area is 200 Å². The van der Waals surface area contributed by atoms with Gasteiger partial charge in [0.25, 0.3) is 0 Å². The molecule has 0 saturated heterocycles. The smallest absolute Gasteiger partial charge is 0.155 e. The Bertz CT molecular complexity index is 1430. The molecule has 0 bridgehead atoms. The Balaban J connectivity index is 1.58. The maximum absolute atomic E-state index is 13.9. The average Bonchev–Trinajstić information content (AvgIpc) is 2.87. The van der Waals surface area contributed by atoms with Crippen molar-refractivity contribution < 1.29 is 4.79 Å². The van der Waals surface area contributed by atoms with Crippen LogP contribution in [-0.4, -0.2) is 5.78 Å². The minimum absolute atomic E-state index is 0.164. The number of carbonyl (C=O) groups excluding carboxylic acids is 1. The fraction of sp³-hybridized carbons (Fsp3) is 0.182. The van der Waals surface area contributed by atoms with E-state index in [0.29, 0.717) is 5.78 Å². The molecule has 0 fully saturated rings. The number of rotatable bonds is 2. The zero-order valence-electron chi connectivity index (χ0n) is 19.5. The Kier molecular flexibility index (Phi) is 4.14. The molecule has 4 aromatic rings. The van der Waals surface area contributed by atoms with Gasteiger partial charge in [-0.2, -0.15) is 0 Å². The van der Waals surface area contributed by atoms with Gasteiger partial charge in [0.2, 0.25) is 0 Å². The van der Waals surface area contributed by atoms with Gasteiger partial charge in [-0.1, -0.05) is 97.1 Å². The molecule has 1 heteroatoms. The summed E-state index contributed by atoms with van der Waals surface area (Å²) in [5.41, 5.74) is 10.3. The Morgan fingerprint density at radius 3 is 1.38 bits per heavy atom. The van der Waals surface area contributed by atoms with Crippen LogP contribution in [0.25, 0.3) is 10.8 Å². The molecule has 3 aliphatic rings. The zero-order chi connectivity index (χ0) is 23.0. The van der Waals surface area contributed by atoms with Gasteiger partial charge in [0.15, 0.2) is 5.78 Å². The van der Waals surface area contributed by atoms with Gasteiger partial charge >= 0.3 is 0 Å². The van der Waals surface area contributed by atoms with Gasteiger partial charge in [-0.05, 0) is 69.1 Å². The first-order valence-corrected chi connectivity index (χ1v) is 12.2. The number of benzene rings is 4. The lowest BCUT2D eigenvalue weighted by Gasteiger charge is -2.39. The lowest BCUT2D eigenvalue weighted by molar-refractivity contribution is -0.120. The van der Waals surface area contributed by atoms with Gasteiger partial charge in [0.1, 0.15) is 0 Å². The largest absolute Gasteiger partial charge is 0.298 e.